The number of nitrogens with one attached hydrogen (secondary N) is 1. The highest BCUT2D eigenvalue weighted by Crippen LogP contribution is 2.25. The van der Waals surface area contributed by atoms with E-state index in [0.717, 1.165) is 19.3 Å². The van der Waals surface area contributed by atoms with Crippen molar-refractivity contribution in [3.05, 3.63) is 41.9 Å². The number of rotatable bonds is 5. The maximum Gasteiger partial charge on any atom is 0.291 e. The van der Waals surface area contributed by atoms with Gasteiger partial charge in [-0.15, -0.1) is 0 Å². The average Bonchev–Trinajstić information content (AvgIpc) is 3.27. The molecule has 1 N–H and O–H groups in total. The summed E-state index contributed by atoms with van der Waals surface area (Å²) in [5, 5.41) is 2.29. The molecular formula is C20H24FN3O5S. The minimum Gasteiger partial charge on any atom is -0.438 e. The summed E-state index contributed by atoms with van der Waals surface area (Å²) in [4.78, 5) is 14.3. The lowest BCUT2D eigenvalue weighted by atomic mass is 10.2. The van der Waals surface area contributed by atoms with Gasteiger partial charge < -0.3 is 19.4 Å². The second kappa shape index (κ2) is 8.75. The number of piperidine rings is 1. The molecule has 8 nitrogen and oxygen atoms in total. The molecular weight excluding hydrogens is 413 g/mol. The molecule has 0 radical (unpaired) electrons. The maximum absolute atomic E-state index is 14.5. The Balaban J connectivity index is 1.45. The van der Waals surface area contributed by atoms with Crippen LogP contribution >= 0.6 is 0 Å². The number of benzene rings is 1. The van der Waals surface area contributed by atoms with Gasteiger partial charge in [-0.3, -0.25) is 4.79 Å². The molecule has 0 saturated carbocycles. The van der Waals surface area contributed by atoms with Gasteiger partial charge in [0.2, 0.25) is 5.09 Å². The predicted octanol–water partition coefficient (Wildman–Crippen LogP) is 2.68. The number of carbonyl (C=O) groups is 1. The molecule has 0 unspecified atom stereocenters. The molecule has 162 valence electrons. The van der Waals surface area contributed by atoms with Crippen molar-refractivity contribution in [1.82, 2.24) is 4.31 Å². The number of morpholine rings is 1. The quantitative estimate of drug-likeness (QED) is 0.773. The minimum atomic E-state index is -3.76. The number of ether oxygens (including phenoxy) is 1. The Morgan fingerprint density at radius 1 is 1.00 bits per heavy atom. The van der Waals surface area contributed by atoms with Crippen molar-refractivity contribution in [1.29, 1.82) is 0 Å². The molecule has 2 saturated heterocycles. The molecule has 0 spiro atoms. The van der Waals surface area contributed by atoms with Gasteiger partial charge in [-0.2, -0.15) is 4.31 Å². The lowest BCUT2D eigenvalue weighted by Gasteiger charge is -2.29. The van der Waals surface area contributed by atoms with Crippen LogP contribution in [0.4, 0.5) is 15.8 Å². The molecule has 0 atom stereocenters. The molecule has 30 heavy (non-hydrogen) atoms. The molecule has 0 bridgehead atoms. The molecule has 2 fully saturated rings. The molecule has 3 heterocycles. The lowest BCUT2D eigenvalue weighted by Crippen LogP contribution is -2.36. The van der Waals surface area contributed by atoms with Gasteiger partial charge in [0.05, 0.1) is 18.9 Å². The lowest BCUT2D eigenvalue weighted by molar-refractivity contribution is 0.0991. The Morgan fingerprint density at radius 3 is 2.43 bits per heavy atom. The van der Waals surface area contributed by atoms with Gasteiger partial charge in [0.15, 0.2) is 5.76 Å². The Labute approximate surface area is 174 Å². The van der Waals surface area contributed by atoms with Gasteiger partial charge in [0.25, 0.3) is 15.9 Å². The second-order valence-corrected chi connectivity index (χ2v) is 9.17. The summed E-state index contributed by atoms with van der Waals surface area (Å²) in [5.41, 5.74) is 0.704. The summed E-state index contributed by atoms with van der Waals surface area (Å²) < 4.78 is 51.8. The van der Waals surface area contributed by atoms with Crippen molar-refractivity contribution in [2.75, 3.05) is 49.6 Å². The van der Waals surface area contributed by atoms with Crippen molar-refractivity contribution < 1.29 is 26.8 Å². The van der Waals surface area contributed by atoms with Crippen molar-refractivity contribution in [3.8, 4) is 0 Å². The number of furan rings is 1. The maximum atomic E-state index is 14.5. The smallest absolute Gasteiger partial charge is 0.291 e. The van der Waals surface area contributed by atoms with E-state index in [9.17, 15) is 17.6 Å². The van der Waals surface area contributed by atoms with Gasteiger partial charge in [-0.25, -0.2) is 12.8 Å². The number of anilines is 2. The third kappa shape index (κ3) is 4.35. The Morgan fingerprint density at radius 2 is 1.73 bits per heavy atom. The van der Waals surface area contributed by atoms with E-state index in [1.807, 2.05) is 4.90 Å². The van der Waals surface area contributed by atoms with Crippen molar-refractivity contribution in [2.24, 2.45) is 0 Å². The molecule has 1 amide bonds. The number of hydrogen-bond acceptors (Lipinski definition) is 6. The number of hydrogen-bond donors (Lipinski definition) is 1. The minimum absolute atomic E-state index is 0.150. The zero-order valence-corrected chi connectivity index (χ0v) is 17.3. The fourth-order valence-corrected chi connectivity index (χ4v) is 5.08. The van der Waals surface area contributed by atoms with E-state index in [1.165, 1.54) is 22.5 Å². The Bertz CT molecular complexity index is 1010. The third-order valence-corrected chi connectivity index (χ3v) is 7.04. The highest BCUT2D eigenvalue weighted by atomic mass is 32.2. The normalized spacial score (nSPS) is 18.4. The molecule has 0 aliphatic carbocycles. The first-order valence-corrected chi connectivity index (χ1v) is 11.4. The van der Waals surface area contributed by atoms with Crippen LogP contribution < -0.4 is 10.2 Å². The van der Waals surface area contributed by atoms with Crippen LogP contribution in [-0.4, -0.2) is 58.0 Å². The van der Waals surface area contributed by atoms with Crippen LogP contribution in [0.25, 0.3) is 0 Å². The van der Waals surface area contributed by atoms with Crippen LogP contribution in [0.3, 0.4) is 0 Å². The number of nitrogens with zero attached hydrogens (tertiary/aromatic N) is 2. The van der Waals surface area contributed by atoms with Crippen LogP contribution in [0.1, 0.15) is 29.8 Å². The summed E-state index contributed by atoms with van der Waals surface area (Å²) in [7, 11) is -3.76. The van der Waals surface area contributed by atoms with E-state index in [4.69, 9.17) is 9.15 Å². The zero-order valence-electron chi connectivity index (χ0n) is 16.5. The van der Waals surface area contributed by atoms with E-state index in [1.54, 1.807) is 12.1 Å². The van der Waals surface area contributed by atoms with E-state index in [0.29, 0.717) is 45.1 Å². The average molecular weight is 437 g/mol. The highest BCUT2D eigenvalue weighted by Gasteiger charge is 2.29. The van der Waals surface area contributed by atoms with Gasteiger partial charge >= 0.3 is 0 Å². The largest absolute Gasteiger partial charge is 0.438 e. The van der Waals surface area contributed by atoms with Crippen LogP contribution in [0.2, 0.25) is 0 Å². The molecule has 1 aromatic heterocycles. The van der Waals surface area contributed by atoms with Crippen LogP contribution in [-0.2, 0) is 14.8 Å². The summed E-state index contributed by atoms with van der Waals surface area (Å²) in [6, 6.07) is 7.02. The van der Waals surface area contributed by atoms with E-state index < -0.39 is 21.7 Å². The molecule has 1 aromatic carbocycles. The van der Waals surface area contributed by atoms with Crippen LogP contribution in [0.5, 0.6) is 0 Å². The predicted molar refractivity (Wildman–Crippen MR) is 109 cm³/mol. The summed E-state index contributed by atoms with van der Waals surface area (Å²) >= 11 is 0. The molecule has 2 aliphatic rings. The number of halogens is 1. The van der Waals surface area contributed by atoms with Crippen molar-refractivity contribution in [2.45, 2.75) is 24.4 Å². The monoisotopic (exact) mass is 437 g/mol. The fraction of sp³-hybridized carbons (Fsp3) is 0.450. The first-order valence-electron chi connectivity index (χ1n) is 9.99. The first-order chi connectivity index (χ1) is 14.4. The topological polar surface area (TPSA) is 92.1 Å². The first kappa shape index (κ1) is 20.8. The number of sulfonamides is 1. The highest BCUT2D eigenvalue weighted by molar-refractivity contribution is 7.89. The second-order valence-electron chi connectivity index (χ2n) is 7.30. The Kier molecular flexibility index (Phi) is 6.07. The Hall–Kier alpha value is -2.43. The molecule has 2 aromatic rings. The standard InChI is InChI=1S/C20H24FN3O5S/c21-16-14-15(4-5-17(16)23-10-12-28-13-11-23)22-20(25)18-6-7-19(29-18)30(26,27)24-8-2-1-3-9-24/h4-7,14H,1-3,8-13H2,(H,22,25). The zero-order chi connectivity index (χ0) is 21.1. The van der Waals surface area contributed by atoms with E-state index in [2.05, 4.69) is 5.32 Å². The number of carbonyl (C=O) groups excluding carboxylic acids is 1. The SMILES string of the molecule is O=C(Nc1ccc(N2CCOCC2)c(F)c1)c1ccc(S(=O)(=O)N2CCCCC2)o1. The third-order valence-electron chi connectivity index (χ3n) is 5.27. The van der Waals surface area contributed by atoms with Crippen molar-refractivity contribution in [3.63, 3.8) is 0 Å². The van der Waals surface area contributed by atoms with E-state index in [-0.39, 0.29) is 16.5 Å². The van der Waals surface area contributed by atoms with Crippen molar-refractivity contribution >= 4 is 27.3 Å². The molecule has 4 rings (SSSR count). The van der Waals surface area contributed by atoms with Gasteiger partial charge in [0, 0.05) is 31.9 Å². The van der Waals surface area contributed by atoms with Gasteiger partial charge in [0.1, 0.15) is 5.82 Å². The van der Waals surface area contributed by atoms with Gasteiger partial charge in [-0.05, 0) is 43.2 Å². The number of amides is 1. The molecule has 10 heteroatoms. The van der Waals surface area contributed by atoms with Crippen LogP contribution in [0, 0.1) is 5.82 Å². The van der Waals surface area contributed by atoms with E-state index >= 15 is 0 Å². The summed E-state index contributed by atoms with van der Waals surface area (Å²) in [6.45, 7) is 3.17. The summed E-state index contributed by atoms with van der Waals surface area (Å²) in [5.74, 6) is -1.25. The summed E-state index contributed by atoms with van der Waals surface area (Å²) in [6.07, 6.45) is 2.61. The van der Waals surface area contributed by atoms with Gasteiger partial charge in [-0.1, -0.05) is 6.42 Å². The fourth-order valence-electron chi connectivity index (χ4n) is 3.65. The van der Waals surface area contributed by atoms with Crippen LogP contribution in [0.15, 0.2) is 39.8 Å². The molecule has 2 aliphatic heterocycles.